The van der Waals surface area contributed by atoms with Crippen LogP contribution in [-0.4, -0.2) is 76.3 Å². The number of phenolic OH excluding ortho intramolecular Hbond substituents is 1. The zero-order valence-corrected chi connectivity index (χ0v) is 23.7. The maximum atomic E-state index is 13.0. The van der Waals surface area contributed by atoms with Crippen molar-refractivity contribution in [2.24, 2.45) is 22.9 Å². The van der Waals surface area contributed by atoms with Crippen LogP contribution in [0.3, 0.4) is 0 Å². The van der Waals surface area contributed by atoms with E-state index in [0.717, 1.165) is 4.42 Å². The van der Waals surface area contributed by atoms with Crippen LogP contribution in [0.5, 0.6) is 5.75 Å². The van der Waals surface area contributed by atoms with Gasteiger partial charge in [0.2, 0.25) is 17.8 Å². The molecule has 0 radical (unpaired) electrons. The number of halogens is 2. The Bertz CT molecular complexity index is 1350. The van der Waals surface area contributed by atoms with Gasteiger partial charge in [0, 0.05) is 78.9 Å². The molecule has 0 unspecified atom stereocenters. The van der Waals surface area contributed by atoms with Gasteiger partial charge in [-0.25, -0.2) is 4.42 Å². The van der Waals surface area contributed by atoms with Gasteiger partial charge in [0.1, 0.15) is 5.75 Å². The number of carbonyl (C=O) groups is 1. The monoisotopic (exact) mass is 601 g/mol. The molecule has 2 aliphatic heterocycles. The van der Waals surface area contributed by atoms with E-state index in [2.05, 4.69) is 15.3 Å². The highest BCUT2D eigenvalue weighted by molar-refractivity contribution is 6.40. The average Bonchev–Trinajstić information content (AvgIpc) is 2.91. The lowest BCUT2D eigenvalue weighted by Gasteiger charge is -2.37. The number of anilines is 5. The summed E-state index contributed by atoms with van der Waals surface area (Å²) in [6.45, 7) is 2.15. The Hall–Kier alpha value is -3.46. The molecule has 13 nitrogen and oxygen atoms in total. The number of nitrogens with zero attached hydrogens (tertiary/aromatic N) is 6. The number of aromatic nitrogens is 3. The standard InChI is InChI=1S/C26H33Cl2N11O2/c27-14-2-1-3-20(6-14)39(28)23(41)21-5-4-19(9-22(21)40)33-24-34-25(37-10-15(29)7-16(30)11-37)36-26(35-24)38-12-17(31)8-18(32)13-38/h1-6,9,15-18,40H,7-8,10-13,29-32H2,(H,33,34,35,36)/t15-,16+,17-,18+. The molecule has 10 N–H and O–H groups in total. The Balaban J connectivity index is 1.42. The topological polar surface area (TPSA) is 202 Å². The van der Waals surface area contributed by atoms with Crippen LogP contribution in [0, 0.1) is 0 Å². The average molecular weight is 603 g/mol. The summed E-state index contributed by atoms with van der Waals surface area (Å²) < 4.78 is 0.890. The highest BCUT2D eigenvalue weighted by Crippen LogP contribution is 2.30. The van der Waals surface area contributed by atoms with Gasteiger partial charge in [0.15, 0.2) is 0 Å². The number of piperidine rings is 2. The van der Waals surface area contributed by atoms with Crippen molar-refractivity contribution in [2.75, 3.05) is 45.7 Å². The minimum absolute atomic E-state index is 0.00451. The number of nitrogens with two attached hydrogens (primary N) is 4. The van der Waals surface area contributed by atoms with Gasteiger partial charge in [0.05, 0.1) is 11.3 Å². The van der Waals surface area contributed by atoms with Crippen molar-refractivity contribution >= 4 is 58.5 Å². The molecule has 0 saturated carbocycles. The van der Waals surface area contributed by atoms with E-state index >= 15 is 0 Å². The van der Waals surface area contributed by atoms with Crippen LogP contribution in [0.4, 0.5) is 29.2 Å². The van der Waals surface area contributed by atoms with Crippen molar-refractivity contribution in [1.82, 2.24) is 15.0 Å². The molecule has 0 bridgehead atoms. The number of rotatable bonds is 6. The SMILES string of the molecule is N[C@@H]1C[C@H](N)CN(c2nc(Nc3ccc(C(=O)N(Cl)c4cccc(Cl)c4)c(O)c3)nc(N3C[C@H](N)C[C@H](N)C3)n2)C1. The van der Waals surface area contributed by atoms with Crippen LogP contribution in [0.15, 0.2) is 42.5 Å². The van der Waals surface area contributed by atoms with Crippen LogP contribution >= 0.6 is 23.4 Å². The van der Waals surface area contributed by atoms with Crippen LogP contribution < -0.4 is 42.5 Å². The maximum absolute atomic E-state index is 13.0. The number of hydrogen-bond donors (Lipinski definition) is 6. The van der Waals surface area contributed by atoms with Crippen molar-refractivity contribution in [1.29, 1.82) is 0 Å². The van der Waals surface area contributed by atoms with Crippen LogP contribution in [0.2, 0.25) is 5.02 Å². The fourth-order valence-corrected chi connectivity index (χ4v) is 5.50. The molecule has 2 saturated heterocycles. The number of nitrogens with one attached hydrogen (secondary N) is 1. The number of aromatic hydroxyl groups is 1. The van der Waals surface area contributed by atoms with E-state index in [-0.39, 0.29) is 41.4 Å². The molecule has 41 heavy (non-hydrogen) atoms. The quantitative estimate of drug-likeness (QED) is 0.222. The molecular weight excluding hydrogens is 569 g/mol. The minimum atomic E-state index is -0.627. The summed E-state index contributed by atoms with van der Waals surface area (Å²) in [7, 11) is 0. The number of amides is 1. The van der Waals surface area contributed by atoms with Gasteiger partial charge in [0.25, 0.3) is 5.91 Å². The smallest absolute Gasteiger partial charge is 0.276 e. The van der Waals surface area contributed by atoms with E-state index in [9.17, 15) is 9.90 Å². The van der Waals surface area contributed by atoms with Gasteiger partial charge in [-0.05, 0) is 43.2 Å². The van der Waals surface area contributed by atoms with E-state index < -0.39 is 5.91 Å². The van der Waals surface area contributed by atoms with E-state index in [1.165, 1.54) is 12.1 Å². The first kappa shape index (κ1) is 29.0. The van der Waals surface area contributed by atoms with Gasteiger partial charge in [-0.3, -0.25) is 4.79 Å². The first-order valence-electron chi connectivity index (χ1n) is 13.2. The Morgan fingerprint density at radius 3 is 1.95 bits per heavy atom. The summed E-state index contributed by atoms with van der Waals surface area (Å²) in [5, 5.41) is 14.3. The van der Waals surface area contributed by atoms with Gasteiger partial charge in [-0.2, -0.15) is 15.0 Å². The number of hydrogen-bond acceptors (Lipinski definition) is 12. The summed E-state index contributed by atoms with van der Waals surface area (Å²) in [5.41, 5.74) is 25.7. The largest absolute Gasteiger partial charge is 0.507 e. The highest BCUT2D eigenvalue weighted by Gasteiger charge is 2.29. The second kappa shape index (κ2) is 12.2. The van der Waals surface area contributed by atoms with Crippen molar-refractivity contribution in [2.45, 2.75) is 37.0 Å². The molecule has 0 spiro atoms. The predicted octanol–water partition coefficient (Wildman–Crippen LogP) is 1.50. The van der Waals surface area contributed by atoms with E-state index in [0.29, 0.717) is 67.3 Å². The molecule has 3 aromatic rings. The normalized spacial score (nSPS) is 22.9. The first-order valence-corrected chi connectivity index (χ1v) is 13.9. The van der Waals surface area contributed by atoms with Crippen molar-refractivity contribution in [3.63, 3.8) is 0 Å². The molecule has 1 aromatic heterocycles. The zero-order valence-electron chi connectivity index (χ0n) is 22.2. The summed E-state index contributed by atoms with van der Waals surface area (Å²) in [6.07, 6.45) is 1.41. The number of carbonyl (C=O) groups excluding carboxylic acids is 1. The molecule has 3 heterocycles. The van der Waals surface area contributed by atoms with Crippen molar-refractivity contribution < 1.29 is 9.90 Å². The summed E-state index contributed by atoms with van der Waals surface area (Å²) in [5.74, 6) is 0.125. The first-order chi connectivity index (χ1) is 19.5. The Labute approximate surface area is 247 Å². The van der Waals surface area contributed by atoms with E-state index in [1.807, 2.05) is 9.80 Å². The van der Waals surface area contributed by atoms with Gasteiger partial charge < -0.3 is 43.2 Å². The second-order valence-corrected chi connectivity index (χ2v) is 11.3. The van der Waals surface area contributed by atoms with E-state index in [1.54, 1.807) is 30.3 Å². The van der Waals surface area contributed by atoms with Crippen LogP contribution in [0.25, 0.3) is 0 Å². The number of phenols is 1. The molecule has 2 aromatic carbocycles. The van der Waals surface area contributed by atoms with Crippen LogP contribution in [0.1, 0.15) is 23.2 Å². The number of benzene rings is 2. The van der Waals surface area contributed by atoms with Gasteiger partial charge in [-0.1, -0.05) is 17.7 Å². The molecule has 4 atom stereocenters. The fourth-order valence-electron chi connectivity index (χ4n) is 5.12. The Morgan fingerprint density at radius 1 is 0.878 bits per heavy atom. The lowest BCUT2D eigenvalue weighted by molar-refractivity contribution is 0.100. The second-order valence-electron chi connectivity index (χ2n) is 10.5. The molecule has 15 heteroatoms. The van der Waals surface area contributed by atoms with Crippen molar-refractivity contribution in [3.05, 3.63) is 53.1 Å². The molecule has 1 amide bonds. The summed E-state index contributed by atoms with van der Waals surface area (Å²) in [6, 6.07) is 10.5. The van der Waals surface area contributed by atoms with Gasteiger partial charge in [-0.15, -0.1) is 0 Å². The summed E-state index contributed by atoms with van der Waals surface area (Å²) >= 11 is 12.3. The highest BCUT2D eigenvalue weighted by atomic mass is 35.5. The lowest BCUT2D eigenvalue weighted by Crippen LogP contribution is -2.54. The third-order valence-electron chi connectivity index (χ3n) is 6.91. The molecular formula is C26H33Cl2N11O2. The molecule has 5 rings (SSSR count). The molecule has 218 valence electrons. The third kappa shape index (κ3) is 6.89. The molecule has 2 fully saturated rings. The minimum Gasteiger partial charge on any atom is -0.507 e. The Kier molecular flexibility index (Phi) is 8.63. The van der Waals surface area contributed by atoms with Crippen LogP contribution in [-0.2, 0) is 0 Å². The van der Waals surface area contributed by atoms with E-state index in [4.69, 9.17) is 51.3 Å². The lowest BCUT2D eigenvalue weighted by atomic mass is 10.0. The fraction of sp³-hybridized carbons (Fsp3) is 0.385. The zero-order chi connectivity index (χ0) is 29.3. The molecule has 0 aliphatic carbocycles. The third-order valence-corrected chi connectivity index (χ3v) is 7.49. The molecule has 2 aliphatic rings. The maximum Gasteiger partial charge on any atom is 0.276 e. The summed E-state index contributed by atoms with van der Waals surface area (Å²) in [4.78, 5) is 30.8. The van der Waals surface area contributed by atoms with Crippen molar-refractivity contribution in [3.8, 4) is 5.75 Å². The predicted molar refractivity (Wildman–Crippen MR) is 161 cm³/mol. The Morgan fingerprint density at radius 2 is 1.44 bits per heavy atom. The van der Waals surface area contributed by atoms with Gasteiger partial charge >= 0.3 is 0 Å².